The molecular formula is C30H21N3O2S. The second-order valence-electron chi connectivity index (χ2n) is 7.87. The zero-order valence-corrected chi connectivity index (χ0v) is 20.0. The van der Waals surface area contributed by atoms with Crippen LogP contribution in [0, 0.1) is 0 Å². The molecule has 5 nitrogen and oxygen atoms in total. The highest BCUT2D eigenvalue weighted by molar-refractivity contribution is 7.12. The molecule has 4 aromatic carbocycles. The second kappa shape index (κ2) is 10.7. The van der Waals surface area contributed by atoms with Crippen molar-refractivity contribution in [2.45, 2.75) is 0 Å². The smallest absolute Gasteiger partial charge is 0.213 e. The van der Waals surface area contributed by atoms with Crippen LogP contribution in [0.5, 0.6) is 0 Å². The summed E-state index contributed by atoms with van der Waals surface area (Å²) in [7, 11) is 0. The van der Waals surface area contributed by atoms with Crippen molar-refractivity contribution in [3.8, 4) is 16.3 Å². The number of carbonyl (C=O) groups is 2. The quantitative estimate of drug-likeness (QED) is 0.204. The average Bonchev–Trinajstić information content (AvgIpc) is 3.38. The third kappa shape index (κ3) is 5.19. The minimum Gasteiger partial charge on any atom is -0.289 e. The number of nitrogens with zero attached hydrogens (tertiary/aromatic N) is 3. The minimum absolute atomic E-state index is 0.0444. The van der Waals surface area contributed by atoms with Gasteiger partial charge in [0.25, 0.3) is 0 Å². The van der Waals surface area contributed by atoms with Gasteiger partial charge in [-0.05, 0) is 12.1 Å². The Morgan fingerprint density at radius 2 is 1.22 bits per heavy atom. The van der Waals surface area contributed by atoms with E-state index >= 15 is 0 Å². The van der Waals surface area contributed by atoms with Crippen molar-refractivity contribution in [3.63, 3.8) is 0 Å². The number of allylic oxidation sites excluding steroid dienone is 2. The number of ketones is 2. The van der Waals surface area contributed by atoms with Crippen LogP contribution in [0.4, 0.5) is 0 Å². The molecule has 6 heteroatoms. The van der Waals surface area contributed by atoms with E-state index in [2.05, 4.69) is 0 Å². The van der Waals surface area contributed by atoms with E-state index < -0.39 is 0 Å². The van der Waals surface area contributed by atoms with Gasteiger partial charge in [0, 0.05) is 22.8 Å². The molecule has 0 amide bonds. The van der Waals surface area contributed by atoms with Gasteiger partial charge < -0.3 is 0 Å². The van der Waals surface area contributed by atoms with Crippen LogP contribution in [0.3, 0.4) is 0 Å². The lowest BCUT2D eigenvalue weighted by Gasteiger charge is -2.04. The monoisotopic (exact) mass is 487 g/mol. The number of hydrogen-bond donors (Lipinski definition) is 0. The summed E-state index contributed by atoms with van der Waals surface area (Å²) < 4.78 is 1.70. The van der Waals surface area contributed by atoms with Crippen LogP contribution in [-0.2, 0) is 0 Å². The van der Waals surface area contributed by atoms with E-state index in [9.17, 15) is 9.59 Å². The van der Waals surface area contributed by atoms with Gasteiger partial charge >= 0.3 is 0 Å². The predicted octanol–water partition coefficient (Wildman–Crippen LogP) is 6.15. The van der Waals surface area contributed by atoms with Gasteiger partial charge in [0.1, 0.15) is 10.7 Å². The number of hydrogen-bond acceptors (Lipinski definition) is 5. The second-order valence-corrected chi connectivity index (χ2v) is 8.83. The summed E-state index contributed by atoms with van der Waals surface area (Å²) >= 11 is 1.35. The largest absolute Gasteiger partial charge is 0.289 e. The first kappa shape index (κ1) is 23.1. The van der Waals surface area contributed by atoms with Gasteiger partial charge in [-0.1, -0.05) is 121 Å². The number of aromatic nitrogens is 2. The first-order chi connectivity index (χ1) is 17.7. The number of rotatable bonds is 7. The van der Waals surface area contributed by atoms with E-state index in [0.29, 0.717) is 15.9 Å². The molecule has 36 heavy (non-hydrogen) atoms. The van der Waals surface area contributed by atoms with Crippen LogP contribution in [-0.4, -0.2) is 21.3 Å². The Hall–Kier alpha value is -4.68. The molecule has 0 aliphatic carbocycles. The molecule has 0 aliphatic rings. The van der Waals surface area contributed by atoms with Crippen molar-refractivity contribution in [3.05, 3.63) is 149 Å². The van der Waals surface area contributed by atoms with Crippen molar-refractivity contribution in [2.24, 2.45) is 4.99 Å². The van der Waals surface area contributed by atoms with Crippen molar-refractivity contribution in [1.82, 2.24) is 9.78 Å². The summed E-state index contributed by atoms with van der Waals surface area (Å²) in [6, 6.07) is 37.1. The summed E-state index contributed by atoms with van der Waals surface area (Å²) in [5.41, 5.74) is 2.72. The van der Waals surface area contributed by atoms with Gasteiger partial charge in [-0.3, -0.25) is 9.59 Å². The van der Waals surface area contributed by atoms with Gasteiger partial charge in [0.05, 0.1) is 5.69 Å². The van der Waals surface area contributed by atoms with Crippen LogP contribution in [0.2, 0.25) is 0 Å². The molecule has 0 fully saturated rings. The number of benzene rings is 4. The summed E-state index contributed by atoms with van der Waals surface area (Å²) in [4.78, 5) is 31.8. The van der Waals surface area contributed by atoms with Crippen LogP contribution in [0.25, 0.3) is 16.3 Å². The average molecular weight is 488 g/mol. The maximum absolute atomic E-state index is 13.5. The topological polar surface area (TPSA) is 64.3 Å². The normalized spacial score (nSPS) is 11.9. The predicted molar refractivity (Wildman–Crippen MR) is 142 cm³/mol. The van der Waals surface area contributed by atoms with E-state index in [0.717, 1.165) is 16.3 Å². The lowest BCUT2D eigenvalue weighted by Crippen LogP contribution is -2.17. The Labute approximate surface area is 212 Å². The molecule has 174 valence electrons. The van der Waals surface area contributed by atoms with E-state index in [-0.39, 0.29) is 17.3 Å². The van der Waals surface area contributed by atoms with E-state index in [1.165, 1.54) is 17.4 Å². The highest BCUT2D eigenvalue weighted by atomic mass is 32.1. The Kier molecular flexibility index (Phi) is 6.87. The molecule has 0 atom stereocenters. The highest BCUT2D eigenvalue weighted by Crippen LogP contribution is 2.21. The number of para-hydroxylation sites is 1. The molecular weight excluding hydrogens is 466 g/mol. The third-order valence-corrected chi connectivity index (χ3v) is 6.35. The lowest BCUT2D eigenvalue weighted by atomic mass is 10.1. The van der Waals surface area contributed by atoms with Gasteiger partial charge in [-0.15, -0.1) is 0 Å². The Morgan fingerprint density at radius 1 is 0.694 bits per heavy atom. The van der Waals surface area contributed by atoms with Crippen molar-refractivity contribution < 1.29 is 9.59 Å². The Morgan fingerprint density at radius 3 is 1.83 bits per heavy atom. The minimum atomic E-state index is -0.339. The molecule has 0 saturated carbocycles. The van der Waals surface area contributed by atoms with Gasteiger partial charge in [0.2, 0.25) is 10.6 Å². The zero-order chi connectivity index (χ0) is 24.7. The fourth-order valence-electron chi connectivity index (χ4n) is 3.59. The van der Waals surface area contributed by atoms with Gasteiger partial charge in [-0.25, -0.2) is 9.67 Å². The highest BCUT2D eigenvalue weighted by Gasteiger charge is 2.16. The van der Waals surface area contributed by atoms with Crippen LogP contribution < -0.4 is 4.80 Å². The SMILES string of the molecule is O=C(/C=C(\N=c1sc(-c2ccccc2)nn1-c1ccccc1)C(=O)c1ccccc1)c1ccccc1. The molecule has 5 aromatic rings. The molecule has 0 N–H and O–H groups in total. The molecule has 0 aliphatic heterocycles. The first-order valence-electron chi connectivity index (χ1n) is 11.4. The summed E-state index contributed by atoms with van der Waals surface area (Å²) in [6.45, 7) is 0. The lowest BCUT2D eigenvalue weighted by molar-refractivity contribution is 0.101. The van der Waals surface area contributed by atoms with Crippen molar-refractivity contribution >= 4 is 22.9 Å². The Balaban J connectivity index is 1.69. The Bertz CT molecular complexity index is 1590. The van der Waals surface area contributed by atoms with Crippen LogP contribution in [0.15, 0.2) is 138 Å². The maximum atomic E-state index is 13.5. The van der Waals surface area contributed by atoms with Crippen LogP contribution >= 0.6 is 11.3 Å². The van der Waals surface area contributed by atoms with Crippen molar-refractivity contribution in [1.29, 1.82) is 0 Å². The van der Waals surface area contributed by atoms with Gasteiger partial charge in [-0.2, -0.15) is 5.10 Å². The van der Waals surface area contributed by atoms with E-state index in [1.807, 2.05) is 72.8 Å². The van der Waals surface area contributed by atoms with Crippen LogP contribution in [0.1, 0.15) is 20.7 Å². The standard InChI is InChI=1S/C30H21N3O2S/c34-27(22-13-5-1-6-14-22)21-26(28(35)23-15-7-2-8-16-23)31-30-33(25-19-11-4-12-20-25)32-29(36-30)24-17-9-3-10-18-24/h1-21H/b26-21-,31-30?. The maximum Gasteiger partial charge on any atom is 0.213 e. The third-order valence-electron chi connectivity index (χ3n) is 5.39. The molecule has 0 spiro atoms. The zero-order valence-electron chi connectivity index (χ0n) is 19.2. The van der Waals surface area contributed by atoms with Crippen molar-refractivity contribution in [2.75, 3.05) is 0 Å². The van der Waals surface area contributed by atoms with E-state index in [1.54, 1.807) is 53.2 Å². The molecule has 1 aromatic heterocycles. The molecule has 0 radical (unpaired) electrons. The summed E-state index contributed by atoms with van der Waals surface area (Å²) in [5.74, 6) is -0.633. The molecule has 0 unspecified atom stereocenters. The molecule has 1 heterocycles. The number of Topliss-reactive ketones (excluding diaryl/α,β-unsaturated/α-hetero) is 1. The fourth-order valence-corrected chi connectivity index (χ4v) is 4.51. The molecule has 0 saturated heterocycles. The summed E-state index contributed by atoms with van der Waals surface area (Å²) in [5, 5.41) is 5.54. The fraction of sp³-hybridized carbons (Fsp3) is 0. The summed E-state index contributed by atoms with van der Waals surface area (Å²) in [6.07, 6.45) is 1.31. The molecule has 5 rings (SSSR count). The van der Waals surface area contributed by atoms with E-state index in [4.69, 9.17) is 10.1 Å². The first-order valence-corrected chi connectivity index (χ1v) is 12.2. The van der Waals surface area contributed by atoms with Gasteiger partial charge in [0.15, 0.2) is 5.78 Å². The number of carbonyl (C=O) groups excluding carboxylic acids is 2. The molecule has 0 bridgehead atoms.